The number of rotatable bonds is 4. The van der Waals surface area contributed by atoms with Gasteiger partial charge in [-0.25, -0.2) is 9.18 Å². The molecule has 8 heteroatoms. The molecule has 0 atom stereocenters. The van der Waals surface area contributed by atoms with E-state index in [4.69, 9.17) is 4.52 Å². The summed E-state index contributed by atoms with van der Waals surface area (Å²) in [6.07, 6.45) is 0. The largest absolute Gasteiger partial charge is 0.334 e. The third kappa shape index (κ3) is 3.87. The standard InChI is InChI=1S/C25H19FN4O3/c1-14-3-6-17(11-15(14)2)22-28-23(33-29-22)18-7-10-20-21(12-18)27-25(32)30(24(20)31)13-16-4-8-19(26)9-5-16/h3-12H,13H2,1-2H3,(H,27,32). The van der Waals surface area contributed by atoms with Gasteiger partial charge in [-0.1, -0.05) is 29.4 Å². The summed E-state index contributed by atoms with van der Waals surface area (Å²) in [5.74, 6) is 0.352. The van der Waals surface area contributed by atoms with Gasteiger partial charge in [-0.3, -0.25) is 9.36 Å². The van der Waals surface area contributed by atoms with E-state index < -0.39 is 11.2 Å². The average Bonchev–Trinajstić information content (AvgIpc) is 3.30. The molecule has 5 aromatic rings. The van der Waals surface area contributed by atoms with Crippen LogP contribution in [0.4, 0.5) is 4.39 Å². The molecule has 0 amide bonds. The van der Waals surface area contributed by atoms with Gasteiger partial charge in [0.2, 0.25) is 5.82 Å². The molecule has 2 heterocycles. The Labute approximate surface area is 187 Å². The summed E-state index contributed by atoms with van der Waals surface area (Å²) in [4.78, 5) is 32.7. The van der Waals surface area contributed by atoms with Crippen molar-refractivity contribution in [2.24, 2.45) is 0 Å². The molecule has 0 saturated carbocycles. The Bertz CT molecular complexity index is 1610. The van der Waals surface area contributed by atoms with Gasteiger partial charge in [0, 0.05) is 11.1 Å². The van der Waals surface area contributed by atoms with E-state index >= 15 is 0 Å². The fraction of sp³-hybridized carbons (Fsp3) is 0.120. The van der Waals surface area contributed by atoms with Crippen molar-refractivity contribution in [2.45, 2.75) is 20.4 Å². The lowest BCUT2D eigenvalue weighted by Gasteiger charge is -2.07. The second kappa shape index (κ2) is 7.98. The molecule has 0 aliphatic heterocycles. The number of H-pyrrole nitrogens is 1. The maximum atomic E-state index is 13.1. The van der Waals surface area contributed by atoms with E-state index in [9.17, 15) is 14.0 Å². The molecule has 1 N–H and O–H groups in total. The molecule has 2 aromatic heterocycles. The van der Waals surface area contributed by atoms with Crippen LogP contribution in [0.2, 0.25) is 0 Å². The number of hydrogen-bond acceptors (Lipinski definition) is 5. The summed E-state index contributed by atoms with van der Waals surface area (Å²) in [7, 11) is 0. The highest BCUT2D eigenvalue weighted by Gasteiger charge is 2.14. The van der Waals surface area contributed by atoms with Crippen LogP contribution in [0.1, 0.15) is 16.7 Å². The zero-order valence-corrected chi connectivity index (χ0v) is 17.9. The Morgan fingerprint density at radius 2 is 1.70 bits per heavy atom. The number of nitrogens with one attached hydrogen (secondary N) is 1. The lowest BCUT2D eigenvalue weighted by molar-refractivity contribution is 0.432. The SMILES string of the molecule is Cc1ccc(-c2noc(-c3ccc4c(=O)n(Cc5ccc(F)cc5)c(=O)[nH]c4c3)n2)cc1C. The van der Waals surface area contributed by atoms with E-state index in [0.717, 1.165) is 15.7 Å². The van der Waals surface area contributed by atoms with Crippen LogP contribution >= 0.6 is 0 Å². The van der Waals surface area contributed by atoms with Crippen molar-refractivity contribution in [1.82, 2.24) is 19.7 Å². The monoisotopic (exact) mass is 442 g/mol. The summed E-state index contributed by atoms with van der Waals surface area (Å²) >= 11 is 0. The van der Waals surface area contributed by atoms with Crippen LogP contribution in [-0.4, -0.2) is 19.7 Å². The van der Waals surface area contributed by atoms with Gasteiger partial charge >= 0.3 is 5.69 Å². The Morgan fingerprint density at radius 1 is 0.939 bits per heavy atom. The van der Waals surface area contributed by atoms with E-state index in [1.54, 1.807) is 18.2 Å². The van der Waals surface area contributed by atoms with Crippen LogP contribution in [-0.2, 0) is 6.54 Å². The number of aryl methyl sites for hydroxylation is 2. The van der Waals surface area contributed by atoms with E-state index in [1.807, 2.05) is 32.0 Å². The third-order valence-corrected chi connectivity index (χ3v) is 5.67. The quantitative estimate of drug-likeness (QED) is 0.450. The number of nitrogens with zero attached hydrogens (tertiary/aromatic N) is 3. The van der Waals surface area contributed by atoms with Crippen LogP contribution in [0.5, 0.6) is 0 Å². The molecule has 33 heavy (non-hydrogen) atoms. The smallest absolute Gasteiger partial charge is 0.329 e. The Morgan fingerprint density at radius 3 is 2.45 bits per heavy atom. The van der Waals surface area contributed by atoms with Gasteiger partial charge in [-0.15, -0.1) is 0 Å². The maximum Gasteiger partial charge on any atom is 0.329 e. The summed E-state index contributed by atoms with van der Waals surface area (Å²) in [6, 6.07) is 16.5. The molecular weight excluding hydrogens is 423 g/mol. The lowest BCUT2D eigenvalue weighted by atomic mass is 10.1. The number of benzene rings is 3. The molecule has 5 rings (SSSR count). The second-order valence-electron chi connectivity index (χ2n) is 7.93. The number of aromatic nitrogens is 4. The molecule has 0 bridgehead atoms. The van der Waals surface area contributed by atoms with Crippen LogP contribution in [0, 0.1) is 19.7 Å². The summed E-state index contributed by atoms with van der Waals surface area (Å²) in [5.41, 5.74) is 3.72. The van der Waals surface area contributed by atoms with E-state index in [0.29, 0.717) is 27.9 Å². The number of hydrogen-bond donors (Lipinski definition) is 1. The normalized spacial score (nSPS) is 11.2. The number of halogens is 1. The van der Waals surface area contributed by atoms with Crippen molar-refractivity contribution in [2.75, 3.05) is 0 Å². The first-order valence-corrected chi connectivity index (χ1v) is 10.3. The van der Waals surface area contributed by atoms with E-state index in [1.165, 1.54) is 29.8 Å². The summed E-state index contributed by atoms with van der Waals surface area (Å²) < 4.78 is 19.7. The highest BCUT2D eigenvalue weighted by molar-refractivity contribution is 5.82. The predicted molar refractivity (Wildman–Crippen MR) is 123 cm³/mol. The minimum absolute atomic E-state index is 0.0368. The predicted octanol–water partition coefficient (Wildman–Crippen LogP) is 4.21. The zero-order chi connectivity index (χ0) is 23.1. The number of fused-ring (bicyclic) bond motifs is 1. The molecule has 0 aliphatic carbocycles. The molecule has 0 unspecified atom stereocenters. The van der Waals surface area contributed by atoms with Gasteiger partial charge in [0.05, 0.1) is 17.4 Å². The molecule has 7 nitrogen and oxygen atoms in total. The third-order valence-electron chi connectivity index (χ3n) is 5.67. The van der Waals surface area contributed by atoms with Gasteiger partial charge in [-0.05, 0) is 66.9 Å². The van der Waals surface area contributed by atoms with Crippen molar-refractivity contribution in [1.29, 1.82) is 0 Å². The first kappa shape index (κ1) is 20.6. The first-order chi connectivity index (χ1) is 15.9. The van der Waals surface area contributed by atoms with Crippen molar-refractivity contribution in [3.05, 3.63) is 104 Å². The molecule has 0 fully saturated rings. The lowest BCUT2D eigenvalue weighted by Crippen LogP contribution is -2.35. The van der Waals surface area contributed by atoms with Gasteiger partial charge in [0.15, 0.2) is 0 Å². The van der Waals surface area contributed by atoms with Crippen LogP contribution in [0.25, 0.3) is 33.7 Å². The second-order valence-corrected chi connectivity index (χ2v) is 7.93. The highest BCUT2D eigenvalue weighted by atomic mass is 19.1. The average molecular weight is 442 g/mol. The maximum absolute atomic E-state index is 13.1. The van der Waals surface area contributed by atoms with E-state index in [-0.39, 0.29) is 18.3 Å². The minimum atomic E-state index is -0.560. The van der Waals surface area contributed by atoms with Crippen molar-refractivity contribution in [3.63, 3.8) is 0 Å². The highest BCUT2D eigenvalue weighted by Crippen LogP contribution is 2.25. The van der Waals surface area contributed by atoms with Gasteiger partial charge in [0.25, 0.3) is 11.4 Å². The molecular formula is C25H19FN4O3. The molecule has 0 radical (unpaired) electrons. The molecule has 0 saturated heterocycles. The fourth-order valence-corrected chi connectivity index (χ4v) is 3.64. The van der Waals surface area contributed by atoms with Gasteiger partial charge in [-0.2, -0.15) is 4.98 Å². The molecule has 0 aliphatic rings. The van der Waals surface area contributed by atoms with Crippen LogP contribution < -0.4 is 11.2 Å². The number of aromatic amines is 1. The fourth-order valence-electron chi connectivity index (χ4n) is 3.64. The molecule has 164 valence electrons. The Kier molecular flexibility index (Phi) is 4.97. The Balaban J connectivity index is 1.51. The van der Waals surface area contributed by atoms with Crippen molar-refractivity contribution < 1.29 is 8.91 Å². The molecule has 3 aromatic carbocycles. The topological polar surface area (TPSA) is 93.8 Å². The minimum Gasteiger partial charge on any atom is -0.334 e. The van der Waals surface area contributed by atoms with Crippen molar-refractivity contribution in [3.8, 4) is 22.8 Å². The van der Waals surface area contributed by atoms with Crippen LogP contribution in [0.3, 0.4) is 0 Å². The Hall–Kier alpha value is -4.33. The van der Waals surface area contributed by atoms with E-state index in [2.05, 4.69) is 15.1 Å². The zero-order valence-electron chi connectivity index (χ0n) is 17.9. The van der Waals surface area contributed by atoms with Crippen molar-refractivity contribution >= 4 is 10.9 Å². The van der Waals surface area contributed by atoms with Gasteiger partial charge < -0.3 is 9.51 Å². The van der Waals surface area contributed by atoms with Gasteiger partial charge in [0.1, 0.15) is 5.82 Å². The van der Waals surface area contributed by atoms with Crippen LogP contribution in [0.15, 0.2) is 74.8 Å². The summed E-state index contributed by atoms with van der Waals surface area (Å²) in [5, 5.41) is 4.41. The summed E-state index contributed by atoms with van der Waals surface area (Å²) in [6.45, 7) is 4.09. The first-order valence-electron chi connectivity index (χ1n) is 10.3. The molecule has 0 spiro atoms.